The van der Waals surface area contributed by atoms with Crippen molar-refractivity contribution in [2.45, 2.75) is 0 Å². The average molecular weight is 270 g/mol. The molecule has 0 atom stereocenters. The maximum Gasteiger partial charge on any atom is 0.142 e. The minimum Gasteiger partial charge on any atom is -0.205 e. The van der Waals surface area contributed by atoms with Crippen LogP contribution in [0, 0.1) is 5.82 Å². The molecule has 0 unspecified atom stereocenters. The van der Waals surface area contributed by atoms with Crippen LogP contribution in [0.15, 0.2) is 18.7 Å². The number of halogens is 4. The molecule has 0 saturated carbocycles. The molecule has 0 aromatic heterocycles. The summed E-state index contributed by atoms with van der Waals surface area (Å²) in [7, 11) is 0. The van der Waals surface area contributed by atoms with E-state index in [0.29, 0.717) is 15.1 Å². The molecule has 4 heteroatoms. The summed E-state index contributed by atoms with van der Waals surface area (Å²) in [5.74, 6) is -0.503. The molecule has 0 nitrogen and oxygen atoms in total. The summed E-state index contributed by atoms with van der Waals surface area (Å²) in [6, 6.07) is 2.59. The van der Waals surface area contributed by atoms with Crippen LogP contribution in [0.4, 0.5) is 4.39 Å². The SMILES string of the molecule is C=C(Br)c1cc(F)c(Cl)cc1Cl. The second-order valence-corrected chi connectivity index (χ2v) is 3.92. The Morgan fingerprint density at radius 1 is 1.33 bits per heavy atom. The molecule has 1 rings (SSSR count). The van der Waals surface area contributed by atoms with Gasteiger partial charge in [-0.05, 0) is 12.1 Å². The van der Waals surface area contributed by atoms with Crippen LogP contribution in [0.3, 0.4) is 0 Å². The molecular formula is C8H4BrCl2F. The van der Waals surface area contributed by atoms with Gasteiger partial charge in [-0.15, -0.1) is 0 Å². The Hall–Kier alpha value is -0.0500. The van der Waals surface area contributed by atoms with E-state index in [-0.39, 0.29) is 5.02 Å². The maximum atomic E-state index is 12.9. The summed E-state index contributed by atoms with van der Waals surface area (Å²) < 4.78 is 13.4. The maximum absolute atomic E-state index is 12.9. The molecule has 0 radical (unpaired) electrons. The third-order valence-electron chi connectivity index (χ3n) is 1.30. The van der Waals surface area contributed by atoms with Crippen molar-refractivity contribution in [1.82, 2.24) is 0 Å². The van der Waals surface area contributed by atoms with E-state index in [9.17, 15) is 4.39 Å². The van der Waals surface area contributed by atoms with Crippen LogP contribution in [0.2, 0.25) is 10.0 Å². The Morgan fingerprint density at radius 2 is 1.92 bits per heavy atom. The minimum absolute atomic E-state index is 0.0116. The predicted molar refractivity (Wildman–Crippen MR) is 54.4 cm³/mol. The summed E-state index contributed by atoms with van der Waals surface area (Å²) in [4.78, 5) is 0. The van der Waals surface area contributed by atoms with Crippen LogP contribution in [-0.2, 0) is 0 Å². The Labute approximate surface area is 88.1 Å². The Kier molecular flexibility index (Phi) is 3.16. The number of benzene rings is 1. The van der Waals surface area contributed by atoms with E-state index in [2.05, 4.69) is 22.5 Å². The molecule has 0 aliphatic carbocycles. The van der Waals surface area contributed by atoms with Crippen molar-refractivity contribution >= 4 is 43.6 Å². The molecule has 0 bridgehead atoms. The largest absolute Gasteiger partial charge is 0.205 e. The van der Waals surface area contributed by atoms with Crippen molar-refractivity contribution in [3.8, 4) is 0 Å². The monoisotopic (exact) mass is 268 g/mol. The van der Waals surface area contributed by atoms with Gasteiger partial charge in [0, 0.05) is 10.0 Å². The van der Waals surface area contributed by atoms with Crippen molar-refractivity contribution in [2.24, 2.45) is 0 Å². The molecule has 0 heterocycles. The zero-order valence-electron chi connectivity index (χ0n) is 5.87. The molecule has 1 aromatic carbocycles. The molecule has 0 spiro atoms. The van der Waals surface area contributed by atoms with Gasteiger partial charge in [-0.25, -0.2) is 4.39 Å². The van der Waals surface area contributed by atoms with Gasteiger partial charge in [0.2, 0.25) is 0 Å². The first kappa shape index (κ1) is 10.0. The average Bonchev–Trinajstić information content (AvgIpc) is 1.96. The molecule has 0 aliphatic heterocycles. The molecule has 0 N–H and O–H groups in total. The fraction of sp³-hybridized carbons (Fsp3) is 0. The molecule has 0 amide bonds. The summed E-state index contributed by atoms with van der Waals surface area (Å²) in [5, 5.41) is 0.390. The van der Waals surface area contributed by atoms with E-state index >= 15 is 0 Å². The fourth-order valence-corrected chi connectivity index (χ4v) is 1.67. The summed E-state index contributed by atoms with van der Waals surface area (Å²) in [6.45, 7) is 3.58. The normalized spacial score (nSPS) is 10.0. The van der Waals surface area contributed by atoms with Crippen LogP contribution in [-0.4, -0.2) is 0 Å². The van der Waals surface area contributed by atoms with Crippen LogP contribution in [0.25, 0.3) is 4.48 Å². The van der Waals surface area contributed by atoms with Crippen molar-refractivity contribution in [3.05, 3.63) is 40.1 Å². The quantitative estimate of drug-likeness (QED) is 0.659. The third kappa shape index (κ3) is 2.00. The van der Waals surface area contributed by atoms with E-state index in [1.807, 2.05) is 0 Å². The van der Waals surface area contributed by atoms with Gasteiger partial charge < -0.3 is 0 Å². The molecule has 0 aliphatic rings. The zero-order chi connectivity index (χ0) is 9.30. The van der Waals surface area contributed by atoms with E-state index in [4.69, 9.17) is 23.2 Å². The molecular weight excluding hydrogens is 266 g/mol. The molecule has 12 heavy (non-hydrogen) atoms. The topological polar surface area (TPSA) is 0 Å². The second-order valence-electron chi connectivity index (χ2n) is 2.15. The van der Waals surface area contributed by atoms with Gasteiger partial charge in [-0.2, -0.15) is 0 Å². The number of hydrogen-bond donors (Lipinski definition) is 0. The van der Waals surface area contributed by atoms with E-state index < -0.39 is 5.82 Å². The lowest BCUT2D eigenvalue weighted by Gasteiger charge is -2.02. The predicted octanol–water partition coefficient (Wildman–Crippen LogP) is 4.50. The highest BCUT2D eigenvalue weighted by Crippen LogP contribution is 2.30. The fourth-order valence-electron chi connectivity index (χ4n) is 0.730. The lowest BCUT2D eigenvalue weighted by atomic mass is 10.2. The van der Waals surface area contributed by atoms with Gasteiger partial charge >= 0.3 is 0 Å². The minimum atomic E-state index is -0.503. The molecule has 0 saturated heterocycles. The van der Waals surface area contributed by atoms with E-state index in [1.54, 1.807) is 0 Å². The summed E-state index contributed by atoms with van der Waals surface area (Å²) in [5.41, 5.74) is 0.513. The van der Waals surface area contributed by atoms with Gasteiger partial charge in [0.05, 0.1) is 10.0 Å². The van der Waals surface area contributed by atoms with E-state index in [0.717, 1.165) is 0 Å². The highest BCUT2D eigenvalue weighted by molar-refractivity contribution is 9.15. The van der Waals surface area contributed by atoms with E-state index in [1.165, 1.54) is 12.1 Å². The Bertz CT molecular complexity index is 336. The van der Waals surface area contributed by atoms with Crippen molar-refractivity contribution in [2.75, 3.05) is 0 Å². The third-order valence-corrected chi connectivity index (χ3v) is 2.33. The van der Waals surface area contributed by atoms with Crippen LogP contribution in [0.1, 0.15) is 5.56 Å². The van der Waals surface area contributed by atoms with Crippen molar-refractivity contribution in [3.63, 3.8) is 0 Å². The van der Waals surface area contributed by atoms with Gasteiger partial charge in [0.15, 0.2) is 0 Å². The standard InChI is InChI=1S/C8H4BrCl2F/c1-4(9)5-2-8(12)7(11)3-6(5)10/h2-3H,1H2. The summed E-state index contributed by atoms with van der Waals surface area (Å²) in [6.07, 6.45) is 0. The lowest BCUT2D eigenvalue weighted by Crippen LogP contribution is -1.83. The highest BCUT2D eigenvalue weighted by Gasteiger charge is 2.07. The molecule has 64 valence electrons. The molecule has 1 aromatic rings. The van der Waals surface area contributed by atoms with Gasteiger partial charge in [0.1, 0.15) is 5.82 Å². The zero-order valence-corrected chi connectivity index (χ0v) is 8.97. The lowest BCUT2D eigenvalue weighted by molar-refractivity contribution is 0.628. The molecule has 0 fully saturated rings. The first-order valence-corrected chi connectivity index (χ1v) is 4.56. The van der Waals surface area contributed by atoms with Crippen LogP contribution < -0.4 is 0 Å². The van der Waals surface area contributed by atoms with Crippen LogP contribution >= 0.6 is 39.1 Å². The number of hydrogen-bond acceptors (Lipinski definition) is 0. The smallest absolute Gasteiger partial charge is 0.142 e. The van der Waals surface area contributed by atoms with Gasteiger partial charge in [0.25, 0.3) is 0 Å². The summed E-state index contributed by atoms with van der Waals surface area (Å²) >= 11 is 14.3. The van der Waals surface area contributed by atoms with Gasteiger partial charge in [-0.1, -0.05) is 45.7 Å². The Morgan fingerprint density at radius 3 is 2.42 bits per heavy atom. The second kappa shape index (κ2) is 3.77. The van der Waals surface area contributed by atoms with Crippen LogP contribution in [0.5, 0.6) is 0 Å². The van der Waals surface area contributed by atoms with Crippen molar-refractivity contribution in [1.29, 1.82) is 0 Å². The Balaban J connectivity index is 3.33. The first-order valence-electron chi connectivity index (χ1n) is 3.01. The first-order chi connectivity index (χ1) is 5.52. The highest BCUT2D eigenvalue weighted by atomic mass is 79.9. The van der Waals surface area contributed by atoms with Gasteiger partial charge in [-0.3, -0.25) is 0 Å². The number of rotatable bonds is 1. The van der Waals surface area contributed by atoms with Crippen molar-refractivity contribution < 1.29 is 4.39 Å².